The van der Waals surface area contributed by atoms with Gasteiger partial charge in [-0.1, -0.05) is 35.9 Å². The van der Waals surface area contributed by atoms with E-state index in [0.29, 0.717) is 9.87 Å². The number of aromatic nitrogens is 1. The third-order valence-corrected chi connectivity index (χ3v) is 6.61. The molecule has 0 saturated carbocycles. The minimum absolute atomic E-state index is 0.172. The molecule has 1 heterocycles. The van der Waals surface area contributed by atoms with Crippen LogP contribution in [0.1, 0.15) is 16.7 Å². The van der Waals surface area contributed by atoms with Crippen LogP contribution in [0.15, 0.2) is 47.4 Å². The lowest BCUT2D eigenvalue weighted by molar-refractivity contribution is 0.496. The molecule has 0 spiro atoms. The summed E-state index contributed by atoms with van der Waals surface area (Å²) >= 11 is 5.46. The zero-order chi connectivity index (χ0) is 22.2. The minimum Gasteiger partial charge on any atom is -0.245 e. The van der Waals surface area contributed by atoms with Crippen LogP contribution in [0.25, 0.3) is 0 Å². The lowest BCUT2D eigenvalue weighted by Gasteiger charge is -2.24. The smallest absolute Gasteiger partial charge is 0.245 e. The standard InChI is InChI=1S/C20H15ClF4N2O2S/c1-11-6-7-13(8-12(11)2)10-27(17-5-3-4-16(24)26-17)30(28,29)20-15(23)9-14(22)18(21)19(20)25/h3-9H,10H2,1-2H3. The molecule has 0 amide bonds. The van der Waals surface area contributed by atoms with E-state index < -0.39 is 55.7 Å². The first-order valence-electron chi connectivity index (χ1n) is 8.56. The highest BCUT2D eigenvalue weighted by atomic mass is 35.5. The van der Waals surface area contributed by atoms with Crippen molar-refractivity contribution in [1.29, 1.82) is 0 Å². The Labute approximate surface area is 175 Å². The zero-order valence-electron chi connectivity index (χ0n) is 15.8. The summed E-state index contributed by atoms with van der Waals surface area (Å²) in [5, 5.41) is -1.17. The molecule has 0 bridgehead atoms. The van der Waals surface area contributed by atoms with Crippen LogP contribution < -0.4 is 4.31 Å². The molecule has 0 saturated heterocycles. The van der Waals surface area contributed by atoms with Crippen molar-refractivity contribution in [2.45, 2.75) is 25.3 Å². The third-order valence-electron chi connectivity index (χ3n) is 4.47. The summed E-state index contributed by atoms with van der Waals surface area (Å²) < 4.78 is 83.1. The summed E-state index contributed by atoms with van der Waals surface area (Å²) in [4.78, 5) is 2.07. The van der Waals surface area contributed by atoms with Crippen molar-refractivity contribution < 1.29 is 26.0 Å². The fourth-order valence-electron chi connectivity index (χ4n) is 2.79. The number of aryl methyl sites for hydroxylation is 2. The molecule has 3 aromatic rings. The van der Waals surface area contributed by atoms with Crippen molar-refractivity contribution in [3.05, 3.63) is 87.6 Å². The monoisotopic (exact) mass is 458 g/mol. The molecule has 4 nitrogen and oxygen atoms in total. The van der Waals surface area contributed by atoms with Crippen molar-refractivity contribution in [1.82, 2.24) is 4.98 Å². The van der Waals surface area contributed by atoms with Gasteiger partial charge in [0.1, 0.15) is 22.5 Å². The maximum Gasteiger partial charge on any atom is 0.271 e. The van der Waals surface area contributed by atoms with Crippen LogP contribution >= 0.6 is 11.6 Å². The Morgan fingerprint density at radius 3 is 2.30 bits per heavy atom. The molecule has 10 heteroatoms. The Bertz CT molecular complexity index is 1240. The number of hydrogen-bond acceptors (Lipinski definition) is 3. The van der Waals surface area contributed by atoms with Gasteiger partial charge in [0.15, 0.2) is 10.7 Å². The van der Waals surface area contributed by atoms with E-state index in [4.69, 9.17) is 11.6 Å². The highest BCUT2D eigenvalue weighted by molar-refractivity contribution is 7.92. The normalized spacial score (nSPS) is 11.6. The van der Waals surface area contributed by atoms with Crippen molar-refractivity contribution >= 4 is 27.4 Å². The maximum atomic E-state index is 14.5. The minimum atomic E-state index is -4.99. The molecule has 158 valence electrons. The van der Waals surface area contributed by atoms with Crippen LogP contribution in [0, 0.1) is 37.2 Å². The van der Waals surface area contributed by atoms with Gasteiger partial charge in [-0.2, -0.15) is 4.39 Å². The van der Waals surface area contributed by atoms with Gasteiger partial charge in [0.05, 0.1) is 6.54 Å². The highest BCUT2D eigenvalue weighted by Gasteiger charge is 2.34. The number of benzene rings is 2. The SMILES string of the molecule is Cc1ccc(CN(c2cccc(F)n2)S(=O)(=O)c2c(F)cc(F)c(Cl)c2F)cc1C. The van der Waals surface area contributed by atoms with Gasteiger partial charge in [-0.05, 0) is 42.7 Å². The molecule has 2 aromatic carbocycles. The van der Waals surface area contributed by atoms with Gasteiger partial charge in [-0.15, -0.1) is 0 Å². The number of nitrogens with zero attached hydrogens (tertiary/aromatic N) is 2. The quantitative estimate of drug-likeness (QED) is 0.225. The largest absolute Gasteiger partial charge is 0.271 e. The summed E-state index contributed by atoms with van der Waals surface area (Å²) in [5.74, 6) is -6.31. The van der Waals surface area contributed by atoms with E-state index in [1.165, 1.54) is 12.1 Å². The van der Waals surface area contributed by atoms with E-state index in [2.05, 4.69) is 4.98 Å². The molecule has 0 aliphatic rings. The number of rotatable bonds is 5. The molecule has 1 aromatic heterocycles. The van der Waals surface area contributed by atoms with Gasteiger partial charge in [0.25, 0.3) is 10.0 Å². The Hall–Kier alpha value is -2.65. The van der Waals surface area contributed by atoms with Crippen molar-refractivity contribution in [3.8, 4) is 0 Å². The van der Waals surface area contributed by atoms with E-state index >= 15 is 0 Å². The number of pyridine rings is 1. The summed E-state index contributed by atoms with van der Waals surface area (Å²) in [6, 6.07) is 8.57. The van der Waals surface area contributed by atoms with E-state index in [9.17, 15) is 26.0 Å². The van der Waals surface area contributed by atoms with Gasteiger partial charge in [-0.25, -0.2) is 30.9 Å². The van der Waals surface area contributed by atoms with Crippen LogP contribution in [0.4, 0.5) is 23.4 Å². The van der Waals surface area contributed by atoms with Crippen molar-refractivity contribution in [3.63, 3.8) is 0 Å². The molecular weight excluding hydrogens is 444 g/mol. The second kappa shape index (κ2) is 8.23. The van der Waals surface area contributed by atoms with Gasteiger partial charge in [0, 0.05) is 6.07 Å². The number of hydrogen-bond donors (Lipinski definition) is 0. The molecule has 0 radical (unpaired) electrons. The van der Waals surface area contributed by atoms with Gasteiger partial charge < -0.3 is 0 Å². The van der Waals surface area contributed by atoms with E-state index in [0.717, 1.165) is 17.2 Å². The van der Waals surface area contributed by atoms with Crippen LogP contribution in [0.3, 0.4) is 0 Å². The zero-order valence-corrected chi connectivity index (χ0v) is 17.3. The van der Waals surface area contributed by atoms with Gasteiger partial charge >= 0.3 is 0 Å². The molecule has 0 atom stereocenters. The average Bonchev–Trinajstić information content (AvgIpc) is 2.66. The first-order chi connectivity index (χ1) is 14.0. The first kappa shape index (κ1) is 22.0. The lowest BCUT2D eigenvalue weighted by atomic mass is 10.1. The summed E-state index contributed by atoms with van der Waals surface area (Å²) in [7, 11) is -4.99. The van der Waals surface area contributed by atoms with E-state index in [1.807, 2.05) is 6.92 Å². The number of anilines is 1. The topological polar surface area (TPSA) is 50.3 Å². The first-order valence-corrected chi connectivity index (χ1v) is 10.4. The maximum absolute atomic E-state index is 14.5. The lowest BCUT2D eigenvalue weighted by Crippen LogP contribution is -2.33. The van der Waals surface area contributed by atoms with Gasteiger partial charge in [-0.3, -0.25) is 0 Å². The molecular formula is C20H15ClF4N2O2S. The van der Waals surface area contributed by atoms with Crippen molar-refractivity contribution in [2.75, 3.05) is 4.31 Å². The fraction of sp³-hybridized carbons (Fsp3) is 0.150. The molecule has 3 rings (SSSR count). The highest BCUT2D eigenvalue weighted by Crippen LogP contribution is 2.32. The molecule has 0 unspecified atom stereocenters. The molecule has 0 fully saturated rings. The van der Waals surface area contributed by atoms with E-state index in [-0.39, 0.29) is 6.07 Å². The predicted molar refractivity (Wildman–Crippen MR) is 105 cm³/mol. The second-order valence-electron chi connectivity index (χ2n) is 6.55. The Kier molecular flexibility index (Phi) is 6.05. The molecule has 0 N–H and O–H groups in total. The fourth-order valence-corrected chi connectivity index (χ4v) is 4.52. The van der Waals surface area contributed by atoms with Crippen LogP contribution in [-0.2, 0) is 16.6 Å². The Balaban J connectivity index is 2.21. The van der Waals surface area contributed by atoms with Crippen LogP contribution in [0.5, 0.6) is 0 Å². The second-order valence-corrected chi connectivity index (χ2v) is 8.72. The summed E-state index contributed by atoms with van der Waals surface area (Å²) in [6.45, 7) is 3.25. The van der Waals surface area contributed by atoms with Gasteiger partial charge in [0.2, 0.25) is 5.95 Å². The Morgan fingerprint density at radius 2 is 1.67 bits per heavy atom. The van der Waals surface area contributed by atoms with Crippen LogP contribution in [-0.4, -0.2) is 13.4 Å². The molecule has 0 aliphatic carbocycles. The van der Waals surface area contributed by atoms with E-state index in [1.54, 1.807) is 25.1 Å². The molecule has 0 aliphatic heterocycles. The molecule has 30 heavy (non-hydrogen) atoms. The average molecular weight is 459 g/mol. The number of sulfonamides is 1. The number of halogens is 5. The predicted octanol–water partition coefficient (Wildman–Crippen LogP) is 5.30. The third kappa shape index (κ3) is 4.13. The summed E-state index contributed by atoms with van der Waals surface area (Å²) in [6.07, 6.45) is 0. The van der Waals surface area contributed by atoms with Crippen molar-refractivity contribution in [2.24, 2.45) is 0 Å². The summed E-state index contributed by atoms with van der Waals surface area (Å²) in [5.41, 5.74) is 2.25. The van der Waals surface area contributed by atoms with Crippen LogP contribution in [0.2, 0.25) is 5.02 Å². The Morgan fingerprint density at radius 1 is 0.967 bits per heavy atom.